The van der Waals surface area contributed by atoms with E-state index in [2.05, 4.69) is 25.9 Å². The fraction of sp³-hybridized carbons (Fsp3) is 0.333. The van der Waals surface area contributed by atoms with Gasteiger partial charge in [0.15, 0.2) is 0 Å². The Hall–Kier alpha value is -2.56. The number of ether oxygens (including phenoxy) is 1. The molecule has 3 rings (SSSR count). The van der Waals surface area contributed by atoms with E-state index in [4.69, 9.17) is 9.26 Å². The first-order valence-electron chi connectivity index (χ1n) is 7.51. The summed E-state index contributed by atoms with van der Waals surface area (Å²) in [4.78, 5) is 12.7. The molecule has 0 fully saturated rings. The molecule has 0 N–H and O–H groups in total. The van der Waals surface area contributed by atoms with Gasteiger partial charge in [0.05, 0.1) is 19.0 Å². The molecule has 0 atom stereocenters. The predicted molar refractivity (Wildman–Crippen MR) is 89.1 cm³/mol. The normalized spacial score (nSPS) is 11.8. The first kappa shape index (κ1) is 15.3. The number of nitrogens with zero attached hydrogens (tertiary/aromatic N) is 2. The lowest BCUT2D eigenvalue weighted by Crippen LogP contribution is -2.22. The van der Waals surface area contributed by atoms with Crippen molar-refractivity contribution in [1.29, 1.82) is 0 Å². The summed E-state index contributed by atoms with van der Waals surface area (Å²) in [5.41, 5.74) is 1.64. The van der Waals surface area contributed by atoms with Gasteiger partial charge in [-0.3, -0.25) is 4.79 Å². The van der Waals surface area contributed by atoms with E-state index >= 15 is 0 Å². The van der Waals surface area contributed by atoms with Crippen LogP contribution in [0.15, 0.2) is 46.0 Å². The number of pyridine rings is 1. The summed E-state index contributed by atoms with van der Waals surface area (Å²) >= 11 is 0. The molecule has 0 amide bonds. The summed E-state index contributed by atoms with van der Waals surface area (Å²) in [5, 5.41) is 5.52. The lowest BCUT2D eigenvalue weighted by Gasteiger charge is -2.17. The highest BCUT2D eigenvalue weighted by Crippen LogP contribution is 2.26. The minimum atomic E-state index is -0.0843. The van der Waals surface area contributed by atoms with Crippen molar-refractivity contribution in [2.24, 2.45) is 0 Å². The molecule has 1 aromatic carbocycles. The SMILES string of the molecule is COc1cccc2c(=O)n(Cc3nocc3C(C)(C)C)ccc12. The number of hydrogen-bond acceptors (Lipinski definition) is 4. The van der Waals surface area contributed by atoms with Crippen molar-refractivity contribution >= 4 is 10.8 Å². The van der Waals surface area contributed by atoms with Gasteiger partial charge in [0.2, 0.25) is 0 Å². The fourth-order valence-corrected chi connectivity index (χ4v) is 2.74. The van der Waals surface area contributed by atoms with E-state index in [-0.39, 0.29) is 11.0 Å². The molecule has 23 heavy (non-hydrogen) atoms. The zero-order valence-electron chi connectivity index (χ0n) is 13.8. The summed E-state index contributed by atoms with van der Waals surface area (Å²) in [7, 11) is 1.60. The Morgan fingerprint density at radius 3 is 2.70 bits per heavy atom. The molecule has 0 aliphatic rings. The first-order chi connectivity index (χ1) is 10.9. The second-order valence-corrected chi connectivity index (χ2v) is 6.60. The molecule has 0 aliphatic heterocycles. The van der Waals surface area contributed by atoms with Crippen molar-refractivity contribution in [3.63, 3.8) is 0 Å². The maximum absolute atomic E-state index is 12.7. The number of benzene rings is 1. The Morgan fingerprint density at radius 2 is 2.00 bits per heavy atom. The number of rotatable bonds is 3. The Labute approximate surface area is 134 Å². The molecule has 0 radical (unpaired) electrons. The smallest absolute Gasteiger partial charge is 0.258 e. The Balaban J connectivity index is 2.08. The van der Waals surface area contributed by atoms with Crippen molar-refractivity contribution in [1.82, 2.24) is 9.72 Å². The van der Waals surface area contributed by atoms with E-state index in [0.717, 1.165) is 16.6 Å². The summed E-state index contributed by atoms with van der Waals surface area (Å²) in [6.45, 7) is 6.67. The van der Waals surface area contributed by atoms with Gasteiger partial charge in [-0.15, -0.1) is 0 Å². The van der Waals surface area contributed by atoms with Crippen LogP contribution in [0.5, 0.6) is 5.75 Å². The molecule has 2 aromatic heterocycles. The van der Waals surface area contributed by atoms with Crippen LogP contribution in [-0.2, 0) is 12.0 Å². The maximum Gasteiger partial charge on any atom is 0.258 e. The van der Waals surface area contributed by atoms with Crippen LogP contribution in [-0.4, -0.2) is 16.8 Å². The molecule has 2 heterocycles. The van der Waals surface area contributed by atoms with Crippen LogP contribution >= 0.6 is 0 Å². The Morgan fingerprint density at radius 1 is 1.22 bits per heavy atom. The van der Waals surface area contributed by atoms with E-state index in [1.165, 1.54) is 0 Å². The Bertz CT molecular complexity index is 901. The van der Waals surface area contributed by atoms with Gasteiger partial charge in [-0.25, -0.2) is 0 Å². The van der Waals surface area contributed by atoms with Crippen molar-refractivity contribution < 1.29 is 9.26 Å². The summed E-state index contributed by atoms with van der Waals surface area (Å²) in [6, 6.07) is 7.38. The van der Waals surface area contributed by atoms with E-state index in [0.29, 0.717) is 17.7 Å². The number of hydrogen-bond donors (Lipinski definition) is 0. The van der Waals surface area contributed by atoms with E-state index in [1.54, 1.807) is 24.1 Å². The molecule has 0 saturated carbocycles. The van der Waals surface area contributed by atoms with Gasteiger partial charge in [-0.1, -0.05) is 32.0 Å². The van der Waals surface area contributed by atoms with E-state index in [9.17, 15) is 4.79 Å². The fourth-order valence-electron chi connectivity index (χ4n) is 2.74. The molecule has 0 unspecified atom stereocenters. The van der Waals surface area contributed by atoms with Gasteiger partial charge in [-0.2, -0.15) is 0 Å². The highest BCUT2D eigenvalue weighted by Gasteiger charge is 2.22. The monoisotopic (exact) mass is 312 g/mol. The lowest BCUT2D eigenvalue weighted by molar-refractivity contribution is 0.408. The molecular weight excluding hydrogens is 292 g/mol. The molecule has 5 heteroatoms. The molecular formula is C18H20N2O3. The molecule has 0 saturated heterocycles. The predicted octanol–water partition coefficient (Wildman–Crippen LogP) is 3.34. The molecule has 120 valence electrons. The average molecular weight is 312 g/mol. The van der Waals surface area contributed by atoms with Crippen LogP contribution in [0, 0.1) is 0 Å². The molecule has 0 spiro atoms. The van der Waals surface area contributed by atoms with Gasteiger partial charge in [-0.05, 0) is 23.6 Å². The van der Waals surface area contributed by atoms with Crippen molar-refractivity contribution in [2.75, 3.05) is 7.11 Å². The zero-order chi connectivity index (χ0) is 16.6. The topological polar surface area (TPSA) is 57.3 Å². The molecule has 3 aromatic rings. The second-order valence-electron chi connectivity index (χ2n) is 6.60. The van der Waals surface area contributed by atoms with Gasteiger partial charge >= 0.3 is 0 Å². The first-order valence-corrected chi connectivity index (χ1v) is 7.51. The van der Waals surface area contributed by atoms with Crippen LogP contribution in [0.1, 0.15) is 32.0 Å². The second kappa shape index (κ2) is 5.57. The third kappa shape index (κ3) is 2.74. The molecule has 5 nitrogen and oxygen atoms in total. The van der Waals surface area contributed by atoms with Crippen LogP contribution < -0.4 is 10.3 Å². The van der Waals surface area contributed by atoms with Gasteiger partial charge in [0, 0.05) is 17.1 Å². The standard InChI is InChI=1S/C18H20N2O3/c1-18(2,3)14-11-23-19-15(14)10-20-9-8-12-13(17(20)21)6-5-7-16(12)22-4/h5-9,11H,10H2,1-4H3. The highest BCUT2D eigenvalue weighted by atomic mass is 16.5. The minimum absolute atomic E-state index is 0.0655. The van der Waals surface area contributed by atoms with E-state index < -0.39 is 0 Å². The van der Waals surface area contributed by atoms with Gasteiger partial charge in [0.1, 0.15) is 17.7 Å². The lowest BCUT2D eigenvalue weighted by atomic mass is 9.87. The number of methoxy groups -OCH3 is 1. The molecule has 0 aliphatic carbocycles. The van der Waals surface area contributed by atoms with Gasteiger partial charge in [0.25, 0.3) is 5.56 Å². The molecule has 0 bridgehead atoms. The summed E-state index contributed by atoms with van der Waals surface area (Å²) in [5.74, 6) is 0.698. The average Bonchev–Trinajstić information content (AvgIpc) is 2.98. The van der Waals surface area contributed by atoms with Crippen molar-refractivity contribution in [2.45, 2.75) is 32.7 Å². The van der Waals surface area contributed by atoms with Crippen LogP contribution in [0.2, 0.25) is 0 Å². The van der Waals surface area contributed by atoms with Crippen LogP contribution in [0.4, 0.5) is 0 Å². The van der Waals surface area contributed by atoms with Crippen LogP contribution in [0.25, 0.3) is 10.8 Å². The largest absolute Gasteiger partial charge is 0.496 e. The third-order valence-electron chi connectivity index (χ3n) is 3.97. The Kier molecular flexibility index (Phi) is 3.72. The van der Waals surface area contributed by atoms with Gasteiger partial charge < -0.3 is 13.8 Å². The van der Waals surface area contributed by atoms with Crippen LogP contribution in [0.3, 0.4) is 0 Å². The zero-order valence-corrected chi connectivity index (χ0v) is 13.8. The minimum Gasteiger partial charge on any atom is -0.496 e. The summed E-state index contributed by atoms with van der Waals surface area (Å²) < 4.78 is 12.1. The summed E-state index contributed by atoms with van der Waals surface area (Å²) in [6.07, 6.45) is 3.43. The van der Waals surface area contributed by atoms with Crippen molar-refractivity contribution in [3.05, 3.63) is 58.3 Å². The number of fused-ring (bicyclic) bond motifs is 1. The highest BCUT2D eigenvalue weighted by molar-refractivity contribution is 5.87. The maximum atomic E-state index is 12.7. The quantitative estimate of drug-likeness (QED) is 0.744. The van der Waals surface area contributed by atoms with E-state index in [1.807, 2.05) is 24.3 Å². The van der Waals surface area contributed by atoms with Crippen molar-refractivity contribution in [3.8, 4) is 5.75 Å². The third-order valence-corrected chi connectivity index (χ3v) is 3.97. The number of aromatic nitrogens is 2.